The molecule has 0 unspecified atom stereocenters. The van der Waals surface area contributed by atoms with Crippen LogP contribution in [0.5, 0.6) is 0 Å². The molecule has 1 aromatic heterocycles. The number of hydrogen-bond acceptors (Lipinski definition) is 5. The second-order valence-corrected chi connectivity index (χ2v) is 7.22. The summed E-state index contributed by atoms with van der Waals surface area (Å²) in [5, 5.41) is 11.2. The van der Waals surface area contributed by atoms with Crippen molar-refractivity contribution in [1.82, 2.24) is 10.2 Å². The fraction of sp³-hybridized carbons (Fsp3) is 0.118. The lowest BCUT2D eigenvalue weighted by Crippen LogP contribution is -2.12. The number of nitrogens with one attached hydrogen (secondary N) is 1. The predicted molar refractivity (Wildman–Crippen MR) is 95.0 cm³/mol. The van der Waals surface area contributed by atoms with Crippen LogP contribution < -0.4 is 5.32 Å². The van der Waals surface area contributed by atoms with Gasteiger partial charge in [-0.1, -0.05) is 59.5 Å². The summed E-state index contributed by atoms with van der Waals surface area (Å²) < 4.78 is 14.3. The Morgan fingerprint density at radius 3 is 2.71 bits per heavy atom. The Labute approximate surface area is 147 Å². The number of carbonyl (C=O) groups excluding carboxylic acids is 1. The fourth-order valence-electron chi connectivity index (χ4n) is 2.07. The molecular weight excluding hydrogens is 345 g/mol. The number of rotatable bonds is 5. The Kier molecular flexibility index (Phi) is 5.22. The van der Waals surface area contributed by atoms with Crippen molar-refractivity contribution in [3.8, 4) is 0 Å². The van der Waals surface area contributed by atoms with Crippen LogP contribution >= 0.6 is 23.1 Å². The van der Waals surface area contributed by atoms with Gasteiger partial charge >= 0.3 is 0 Å². The molecule has 2 aromatic carbocycles. The summed E-state index contributed by atoms with van der Waals surface area (Å²) in [6.07, 6.45) is 0. The van der Waals surface area contributed by atoms with E-state index >= 15 is 0 Å². The first-order chi connectivity index (χ1) is 11.6. The van der Waals surface area contributed by atoms with E-state index in [2.05, 4.69) is 15.5 Å². The Balaban J connectivity index is 1.63. The van der Waals surface area contributed by atoms with Gasteiger partial charge in [-0.05, 0) is 30.2 Å². The molecule has 1 N–H and O–H groups in total. The van der Waals surface area contributed by atoms with E-state index in [9.17, 15) is 9.18 Å². The maximum absolute atomic E-state index is 13.6. The van der Waals surface area contributed by atoms with Crippen LogP contribution in [0.2, 0.25) is 0 Å². The molecule has 0 aliphatic heterocycles. The number of carbonyl (C=O) groups is 1. The highest BCUT2D eigenvalue weighted by Crippen LogP contribution is 2.29. The minimum absolute atomic E-state index is 0.213. The van der Waals surface area contributed by atoms with Gasteiger partial charge in [0.05, 0.1) is 0 Å². The van der Waals surface area contributed by atoms with Crippen LogP contribution in [0, 0.1) is 12.7 Å². The minimum atomic E-state index is -0.234. The number of nitrogens with zero attached hydrogens (tertiary/aromatic N) is 2. The van der Waals surface area contributed by atoms with E-state index < -0.39 is 0 Å². The topological polar surface area (TPSA) is 54.9 Å². The van der Waals surface area contributed by atoms with Crippen LogP contribution in [0.4, 0.5) is 9.52 Å². The Hall–Kier alpha value is -2.25. The summed E-state index contributed by atoms with van der Waals surface area (Å²) in [7, 11) is 0. The lowest BCUT2D eigenvalue weighted by molar-refractivity contribution is 0.102. The van der Waals surface area contributed by atoms with E-state index in [1.165, 1.54) is 29.2 Å². The number of amides is 1. The van der Waals surface area contributed by atoms with Crippen LogP contribution in [0.3, 0.4) is 0 Å². The zero-order chi connectivity index (χ0) is 16.9. The molecule has 24 heavy (non-hydrogen) atoms. The number of benzene rings is 2. The molecule has 7 heteroatoms. The zero-order valence-corrected chi connectivity index (χ0v) is 14.5. The molecule has 0 atom stereocenters. The minimum Gasteiger partial charge on any atom is -0.296 e. The molecule has 0 saturated carbocycles. The molecule has 0 spiro atoms. The van der Waals surface area contributed by atoms with Crippen LogP contribution in [0.1, 0.15) is 21.5 Å². The van der Waals surface area contributed by atoms with Crippen molar-refractivity contribution in [3.63, 3.8) is 0 Å². The van der Waals surface area contributed by atoms with E-state index in [0.717, 1.165) is 5.56 Å². The summed E-state index contributed by atoms with van der Waals surface area (Å²) in [6.45, 7) is 1.88. The molecule has 0 radical (unpaired) electrons. The molecule has 122 valence electrons. The van der Waals surface area contributed by atoms with Gasteiger partial charge in [-0.15, -0.1) is 10.2 Å². The monoisotopic (exact) mass is 359 g/mol. The average molecular weight is 359 g/mol. The Bertz CT molecular complexity index is 866. The van der Waals surface area contributed by atoms with Crippen LogP contribution in [0.25, 0.3) is 0 Å². The number of aryl methyl sites for hydroxylation is 1. The van der Waals surface area contributed by atoms with Crippen molar-refractivity contribution in [2.75, 3.05) is 5.32 Å². The predicted octanol–water partition coefficient (Wildman–Crippen LogP) is 4.53. The summed E-state index contributed by atoms with van der Waals surface area (Å²) in [6, 6.07) is 14.0. The van der Waals surface area contributed by atoms with Crippen molar-refractivity contribution in [2.45, 2.75) is 17.0 Å². The molecule has 0 aliphatic carbocycles. The third-order valence-electron chi connectivity index (χ3n) is 3.33. The Morgan fingerprint density at radius 2 is 1.92 bits per heavy atom. The standard InChI is InChI=1S/C17H14FN3OS2/c1-11-6-2-4-8-13(11)15(22)19-16-20-21-17(24-16)23-10-12-7-3-5-9-14(12)18/h2-9H,10H2,1H3,(H,19,20,22). The van der Waals surface area contributed by atoms with E-state index in [0.29, 0.717) is 26.4 Å². The van der Waals surface area contributed by atoms with Gasteiger partial charge in [0.1, 0.15) is 5.82 Å². The summed E-state index contributed by atoms with van der Waals surface area (Å²) in [4.78, 5) is 12.2. The highest BCUT2D eigenvalue weighted by Gasteiger charge is 2.12. The van der Waals surface area contributed by atoms with Crippen molar-refractivity contribution < 1.29 is 9.18 Å². The summed E-state index contributed by atoms with van der Waals surface area (Å²) >= 11 is 2.66. The van der Waals surface area contributed by atoms with Crippen molar-refractivity contribution >= 4 is 34.1 Å². The number of thioether (sulfide) groups is 1. The van der Waals surface area contributed by atoms with E-state index in [-0.39, 0.29) is 11.7 Å². The molecule has 3 rings (SSSR count). The van der Waals surface area contributed by atoms with E-state index in [1.54, 1.807) is 24.3 Å². The zero-order valence-electron chi connectivity index (χ0n) is 12.8. The lowest BCUT2D eigenvalue weighted by atomic mass is 10.1. The molecule has 1 amide bonds. The van der Waals surface area contributed by atoms with Crippen LogP contribution in [-0.2, 0) is 5.75 Å². The quantitative estimate of drug-likeness (QED) is 0.537. The molecule has 3 aromatic rings. The van der Waals surface area contributed by atoms with Crippen molar-refractivity contribution in [1.29, 1.82) is 0 Å². The molecule has 0 saturated heterocycles. The average Bonchev–Trinajstić information content (AvgIpc) is 3.02. The van der Waals surface area contributed by atoms with Gasteiger partial charge in [-0.3, -0.25) is 10.1 Å². The number of hydrogen-bond donors (Lipinski definition) is 1. The van der Waals surface area contributed by atoms with E-state index in [1.807, 2.05) is 25.1 Å². The van der Waals surface area contributed by atoms with Gasteiger partial charge in [-0.2, -0.15) is 0 Å². The van der Waals surface area contributed by atoms with Crippen molar-refractivity contribution in [2.24, 2.45) is 0 Å². The van der Waals surface area contributed by atoms with Gasteiger partial charge in [0.2, 0.25) is 5.13 Å². The SMILES string of the molecule is Cc1ccccc1C(=O)Nc1nnc(SCc2ccccc2F)s1. The first kappa shape index (κ1) is 16.6. The third-order valence-corrected chi connectivity index (χ3v) is 5.35. The molecule has 4 nitrogen and oxygen atoms in total. The molecular formula is C17H14FN3OS2. The third kappa shape index (κ3) is 3.98. The molecule has 1 heterocycles. The van der Waals surface area contributed by atoms with Gasteiger partial charge in [0, 0.05) is 11.3 Å². The van der Waals surface area contributed by atoms with E-state index in [4.69, 9.17) is 0 Å². The van der Waals surface area contributed by atoms with Crippen molar-refractivity contribution in [3.05, 3.63) is 71.0 Å². The van der Waals surface area contributed by atoms with Gasteiger partial charge in [0.25, 0.3) is 5.91 Å². The van der Waals surface area contributed by atoms with Gasteiger partial charge < -0.3 is 0 Å². The normalized spacial score (nSPS) is 10.6. The first-order valence-electron chi connectivity index (χ1n) is 7.20. The maximum Gasteiger partial charge on any atom is 0.257 e. The number of halogens is 1. The highest BCUT2D eigenvalue weighted by atomic mass is 32.2. The second kappa shape index (κ2) is 7.55. The first-order valence-corrected chi connectivity index (χ1v) is 9.00. The lowest BCUT2D eigenvalue weighted by Gasteiger charge is -2.03. The summed E-state index contributed by atoms with van der Waals surface area (Å²) in [5.74, 6) is 0.0186. The molecule has 0 aliphatic rings. The molecule has 0 bridgehead atoms. The fourth-order valence-corrected chi connectivity index (χ4v) is 3.80. The van der Waals surface area contributed by atoms with Crippen LogP contribution in [0.15, 0.2) is 52.9 Å². The largest absolute Gasteiger partial charge is 0.296 e. The van der Waals surface area contributed by atoms with Gasteiger partial charge in [0.15, 0.2) is 4.34 Å². The number of anilines is 1. The second-order valence-electron chi connectivity index (χ2n) is 5.02. The smallest absolute Gasteiger partial charge is 0.257 e. The number of aromatic nitrogens is 2. The maximum atomic E-state index is 13.6. The van der Waals surface area contributed by atoms with Gasteiger partial charge in [-0.25, -0.2) is 4.39 Å². The summed E-state index contributed by atoms with van der Waals surface area (Å²) in [5.41, 5.74) is 2.12. The highest BCUT2D eigenvalue weighted by molar-refractivity contribution is 8.00. The van der Waals surface area contributed by atoms with Crippen LogP contribution in [-0.4, -0.2) is 16.1 Å². The molecule has 0 fully saturated rings. The Morgan fingerprint density at radius 1 is 1.17 bits per heavy atom.